The molecule has 1 heterocycles. The third-order valence-electron chi connectivity index (χ3n) is 3.00. The number of methoxy groups -OCH3 is 1. The number of hydrogen-bond donors (Lipinski definition) is 1. The van der Waals surface area contributed by atoms with E-state index in [1.807, 2.05) is 0 Å². The molecule has 1 saturated heterocycles. The van der Waals surface area contributed by atoms with Crippen molar-refractivity contribution >= 4 is 0 Å². The van der Waals surface area contributed by atoms with E-state index in [-0.39, 0.29) is 0 Å². The highest BCUT2D eigenvalue weighted by atomic mass is 16.5. The molecule has 15 heavy (non-hydrogen) atoms. The summed E-state index contributed by atoms with van der Waals surface area (Å²) in [6, 6.07) is 0.611. The SMILES string of the molecule is COCCCNC(C)CN1CCCCC1. The van der Waals surface area contributed by atoms with Gasteiger partial charge in [-0.15, -0.1) is 0 Å². The molecule has 0 bridgehead atoms. The van der Waals surface area contributed by atoms with Gasteiger partial charge in [0, 0.05) is 26.3 Å². The molecule has 1 N–H and O–H groups in total. The molecule has 0 radical (unpaired) electrons. The Morgan fingerprint density at radius 3 is 2.67 bits per heavy atom. The van der Waals surface area contributed by atoms with Crippen LogP contribution < -0.4 is 5.32 Å². The summed E-state index contributed by atoms with van der Waals surface area (Å²) in [5.74, 6) is 0. The molecule has 0 spiro atoms. The molecule has 1 atom stereocenters. The van der Waals surface area contributed by atoms with Gasteiger partial charge in [-0.05, 0) is 45.8 Å². The summed E-state index contributed by atoms with van der Waals surface area (Å²) in [7, 11) is 1.76. The van der Waals surface area contributed by atoms with E-state index in [1.54, 1.807) is 7.11 Å². The topological polar surface area (TPSA) is 24.5 Å². The van der Waals surface area contributed by atoms with E-state index in [0.29, 0.717) is 6.04 Å². The van der Waals surface area contributed by atoms with E-state index < -0.39 is 0 Å². The number of nitrogens with zero attached hydrogens (tertiary/aromatic N) is 1. The monoisotopic (exact) mass is 214 g/mol. The fourth-order valence-corrected chi connectivity index (χ4v) is 2.16. The summed E-state index contributed by atoms with van der Waals surface area (Å²) < 4.78 is 5.02. The van der Waals surface area contributed by atoms with Gasteiger partial charge in [0.1, 0.15) is 0 Å². The maximum absolute atomic E-state index is 5.02. The Morgan fingerprint density at radius 1 is 1.27 bits per heavy atom. The molecule has 1 aliphatic rings. The zero-order valence-corrected chi connectivity index (χ0v) is 10.3. The normalized spacial score (nSPS) is 20.4. The van der Waals surface area contributed by atoms with Crippen LogP contribution in [0.5, 0.6) is 0 Å². The summed E-state index contributed by atoms with van der Waals surface area (Å²) in [6.07, 6.45) is 5.31. The third-order valence-corrected chi connectivity index (χ3v) is 3.00. The van der Waals surface area contributed by atoms with Crippen molar-refractivity contribution in [1.82, 2.24) is 10.2 Å². The van der Waals surface area contributed by atoms with E-state index in [2.05, 4.69) is 17.1 Å². The van der Waals surface area contributed by atoms with Gasteiger partial charge in [0.15, 0.2) is 0 Å². The van der Waals surface area contributed by atoms with Crippen molar-refractivity contribution in [2.45, 2.75) is 38.6 Å². The Balaban J connectivity index is 1.98. The standard InChI is InChI=1S/C12H26N2O/c1-12(13-7-6-10-15-2)11-14-8-4-3-5-9-14/h12-13H,3-11H2,1-2H3. The van der Waals surface area contributed by atoms with Crippen LogP contribution in [0.4, 0.5) is 0 Å². The van der Waals surface area contributed by atoms with Gasteiger partial charge >= 0.3 is 0 Å². The van der Waals surface area contributed by atoms with Crippen molar-refractivity contribution in [2.75, 3.05) is 39.9 Å². The fraction of sp³-hybridized carbons (Fsp3) is 1.00. The van der Waals surface area contributed by atoms with Crippen LogP contribution in [-0.4, -0.2) is 50.8 Å². The third kappa shape index (κ3) is 6.13. The quantitative estimate of drug-likeness (QED) is 0.650. The van der Waals surface area contributed by atoms with Crippen LogP contribution in [0.3, 0.4) is 0 Å². The molecule has 1 fully saturated rings. The number of rotatable bonds is 7. The largest absolute Gasteiger partial charge is 0.385 e. The highest BCUT2D eigenvalue weighted by Gasteiger charge is 2.12. The molecule has 3 heteroatoms. The van der Waals surface area contributed by atoms with Crippen LogP contribution >= 0.6 is 0 Å². The molecule has 0 aromatic rings. The highest BCUT2D eigenvalue weighted by molar-refractivity contribution is 4.70. The average Bonchev–Trinajstić information content (AvgIpc) is 2.26. The van der Waals surface area contributed by atoms with Crippen LogP contribution in [0.2, 0.25) is 0 Å². The van der Waals surface area contributed by atoms with Gasteiger partial charge < -0.3 is 15.0 Å². The van der Waals surface area contributed by atoms with Gasteiger partial charge in [-0.1, -0.05) is 6.42 Å². The number of hydrogen-bond acceptors (Lipinski definition) is 3. The van der Waals surface area contributed by atoms with Crippen molar-refractivity contribution in [3.63, 3.8) is 0 Å². The second kappa shape index (κ2) is 8.08. The lowest BCUT2D eigenvalue weighted by atomic mass is 10.1. The summed E-state index contributed by atoms with van der Waals surface area (Å²) >= 11 is 0. The Labute approximate surface area is 94.2 Å². The van der Waals surface area contributed by atoms with E-state index in [0.717, 1.165) is 19.6 Å². The zero-order chi connectivity index (χ0) is 10.9. The first-order valence-corrected chi connectivity index (χ1v) is 6.27. The number of nitrogens with one attached hydrogen (secondary N) is 1. The zero-order valence-electron chi connectivity index (χ0n) is 10.3. The Hall–Kier alpha value is -0.120. The van der Waals surface area contributed by atoms with Crippen molar-refractivity contribution < 1.29 is 4.74 Å². The Kier molecular flexibility index (Phi) is 6.98. The average molecular weight is 214 g/mol. The van der Waals surface area contributed by atoms with Gasteiger partial charge in [0.05, 0.1) is 0 Å². The van der Waals surface area contributed by atoms with Crippen LogP contribution in [0.25, 0.3) is 0 Å². The molecule has 0 aromatic heterocycles. The summed E-state index contributed by atoms with van der Waals surface area (Å²) in [6.45, 7) is 8.01. The molecule has 1 aliphatic heterocycles. The van der Waals surface area contributed by atoms with Crippen molar-refractivity contribution in [1.29, 1.82) is 0 Å². The molecule has 0 aromatic carbocycles. The predicted molar refractivity (Wildman–Crippen MR) is 64.2 cm³/mol. The van der Waals surface area contributed by atoms with E-state index in [9.17, 15) is 0 Å². The van der Waals surface area contributed by atoms with E-state index in [4.69, 9.17) is 4.74 Å². The minimum atomic E-state index is 0.611. The number of likely N-dealkylation sites (tertiary alicyclic amines) is 1. The minimum absolute atomic E-state index is 0.611. The summed E-state index contributed by atoms with van der Waals surface area (Å²) in [5, 5.41) is 3.54. The van der Waals surface area contributed by atoms with Crippen molar-refractivity contribution in [3.8, 4) is 0 Å². The minimum Gasteiger partial charge on any atom is -0.385 e. The molecule has 3 nitrogen and oxygen atoms in total. The van der Waals surface area contributed by atoms with Crippen LogP contribution in [0.15, 0.2) is 0 Å². The van der Waals surface area contributed by atoms with Crippen molar-refractivity contribution in [3.05, 3.63) is 0 Å². The van der Waals surface area contributed by atoms with Gasteiger partial charge in [-0.2, -0.15) is 0 Å². The lowest BCUT2D eigenvalue weighted by molar-refractivity contribution is 0.187. The fourth-order valence-electron chi connectivity index (χ4n) is 2.16. The lowest BCUT2D eigenvalue weighted by Crippen LogP contribution is -2.41. The maximum atomic E-state index is 5.02. The predicted octanol–water partition coefficient (Wildman–Crippen LogP) is 1.49. The van der Waals surface area contributed by atoms with Gasteiger partial charge in [-0.3, -0.25) is 0 Å². The van der Waals surface area contributed by atoms with Crippen molar-refractivity contribution in [2.24, 2.45) is 0 Å². The summed E-state index contributed by atoms with van der Waals surface area (Å²) in [4.78, 5) is 2.58. The molecule has 90 valence electrons. The molecular formula is C12H26N2O. The first-order valence-electron chi connectivity index (χ1n) is 6.27. The van der Waals surface area contributed by atoms with Gasteiger partial charge in [0.25, 0.3) is 0 Å². The second-order valence-corrected chi connectivity index (χ2v) is 4.56. The molecule has 1 rings (SSSR count). The molecule has 0 amide bonds. The maximum Gasteiger partial charge on any atom is 0.0474 e. The number of ether oxygens (including phenoxy) is 1. The van der Waals surface area contributed by atoms with E-state index in [1.165, 1.54) is 38.9 Å². The number of piperidine rings is 1. The molecule has 0 saturated carbocycles. The van der Waals surface area contributed by atoms with Gasteiger partial charge in [0.2, 0.25) is 0 Å². The Morgan fingerprint density at radius 2 is 2.00 bits per heavy atom. The molecule has 1 unspecified atom stereocenters. The van der Waals surface area contributed by atoms with Crippen LogP contribution in [0.1, 0.15) is 32.6 Å². The van der Waals surface area contributed by atoms with Crippen LogP contribution in [-0.2, 0) is 4.74 Å². The van der Waals surface area contributed by atoms with E-state index >= 15 is 0 Å². The summed E-state index contributed by atoms with van der Waals surface area (Å²) in [5.41, 5.74) is 0. The first-order chi connectivity index (χ1) is 7.33. The van der Waals surface area contributed by atoms with Gasteiger partial charge in [-0.25, -0.2) is 0 Å². The molecular weight excluding hydrogens is 188 g/mol. The highest BCUT2D eigenvalue weighted by Crippen LogP contribution is 2.08. The lowest BCUT2D eigenvalue weighted by Gasteiger charge is -2.29. The van der Waals surface area contributed by atoms with Crippen LogP contribution in [0, 0.1) is 0 Å². The molecule has 0 aliphatic carbocycles. The smallest absolute Gasteiger partial charge is 0.0474 e. The second-order valence-electron chi connectivity index (χ2n) is 4.56. The Bertz CT molecular complexity index is 147. The first kappa shape index (κ1) is 12.9.